The lowest BCUT2D eigenvalue weighted by atomic mass is 9.75. The van der Waals surface area contributed by atoms with Gasteiger partial charge in [-0.15, -0.1) is 0 Å². The number of nitrogen functional groups attached to an aromatic ring is 1. The summed E-state index contributed by atoms with van der Waals surface area (Å²) in [5.41, 5.74) is 29.3. The van der Waals surface area contributed by atoms with E-state index in [0.29, 0.717) is 0 Å². The van der Waals surface area contributed by atoms with Crippen LogP contribution in [0.4, 0.5) is 5.69 Å². The van der Waals surface area contributed by atoms with Gasteiger partial charge in [0.05, 0.1) is 22.1 Å². The second-order valence-electron chi connectivity index (χ2n) is 19.9. The maximum absolute atomic E-state index is 6.16. The number of anilines is 1. The third kappa shape index (κ3) is 7.18. The van der Waals surface area contributed by atoms with Crippen molar-refractivity contribution in [1.82, 2.24) is 9.13 Å². The van der Waals surface area contributed by atoms with Crippen molar-refractivity contribution in [3.8, 4) is 67.0 Å². The molecule has 0 saturated heterocycles. The summed E-state index contributed by atoms with van der Waals surface area (Å²) < 4.78 is 4.82. The van der Waals surface area contributed by atoms with Gasteiger partial charge in [-0.3, -0.25) is 0 Å². The largest absolute Gasteiger partial charge is 0.399 e. The van der Waals surface area contributed by atoms with E-state index < -0.39 is 0 Å². The monoisotopic (exact) mass is 913 g/mol. The maximum atomic E-state index is 6.16. The second-order valence-corrected chi connectivity index (χ2v) is 19.9. The molecule has 71 heavy (non-hydrogen) atoms. The fourth-order valence-corrected chi connectivity index (χ4v) is 12.0. The van der Waals surface area contributed by atoms with Crippen LogP contribution < -0.4 is 5.73 Å². The zero-order valence-corrected chi connectivity index (χ0v) is 40.4. The standard InChI is InChI=1S/C68H55N3/c1-3-4-5-12-39-68(2)62-43-51(45-25-32-54(33-26-45)70-64-22-9-6-19-58(64)59-20-7-10-23-65(59)70)29-36-56(62)57-37-30-52(44-63(57)68)46-27-34-55(35-28-46)71-66-24-11-8-21-60(66)61-42-50(31-38-67(61)71)48-16-13-15-47(40-48)49-17-14-18-53(69)41-49/h6-11,13-38,40-44H,3-5,12,39,69H2,1-2H3. The molecule has 0 bridgehead atoms. The Labute approximate surface area is 416 Å². The number of hydrogen-bond acceptors (Lipinski definition) is 1. The van der Waals surface area contributed by atoms with Crippen molar-refractivity contribution in [2.75, 3.05) is 5.73 Å². The highest BCUT2D eigenvalue weighted by Crippen LogP contribution is 2.53. The number of rotatable bonds is 11. The fraction of sp³-hybridized carbons (Fsp3) is 0.118. The first-order valence-corrected chi connectivity index (χ1v) is 25.4. The molecule has 1 aliphatic rings. The minimum atomic E-state index is -0.105. The molecule has 0 aliphatic heterocycles. The third-order valence-corrected chi connectivity index (χ3v) is 15.6. The molecule has 342 valence electrons. The Balaban J connectivity index is 0.826. The number of hydrogen-bond donors (Lipinski definition) is 1. The van der Waals surface area contributed by atoms with Crippen LogP contribution in [-0.2, 0) is 5.41 Å². The lowest BCUT2D eigenvalue weighted by Crippen LogP contribution is -2.20. The number of nitrogens with two attached hydrogens (primary N) is 1. The van der Waals surface area contributed by atoms with E-state index in [4.69, 9.17) is 5.73 Å². The molecule has 0 saturated carbocycles. The van der Waals surface area contributed by atoms with Crippen LogP contribution in [0.1, 0.15) is 57.1 Å². The van der Waals surface area contributed by atoms with Gasteiger partial charge in [-0.1, -0.05) is 179 Å². The van der Waals surface area contributed by atoms with Crippen LogP contribution in [0, 0.1) is 0 Å². The topological polar surface area (TPSA) is 35.9 Å². The molecule has 0 radical (unpaired) electrons. The average Bonchev–Trinajstić information content (AvgIpc) is 4.03. The number of unbranched alkanes of at least 4 members (excludes halogenated alkanes) is 3. The van der Waals surface area contributed by atoms with Crippen LogP contribution in [0.5, 0.6) is 0 Å². The summed E-state index contributed by atoms with van der Waals surface area (Å²) in [6.45, 7) is 4.82. The molecule has 10 aromatic carbocycles. The number of nitrogens with zero attached hydrogens (tertiary/aromatic N) is 2. The van der Waals surface area contributed by atoms with Gasteiger partial charge in [0.2, 0.25) is 0 Å². The van der Waals surface area contributed by atoms with Crippen molar-refractivity contribution in [3.63, 3.8) is 0 Å². The van der Waals surface area contributed by atoms with Crippen molar-refractivity contribution in [1.29, 1.82) is 0 Å². The highest BCUT2D eigenvalue weighted by molar-refractivity contribution is 6.11. The lowest BCUT2D eigenvalue weighted by molar-refractivity contribution is 0.487. The van der Waals surface area contributed by atoms with Gasteiger partial charge in [0.25, 0.3) is 0 Å². The fourth-order valence-electron chi connectivity index (χ4n) is 12.0. The van der Waals surface area contributed by atoms with Gasteiger partial charge in [0.15, 0.2) is 0 Å². The van der Waals surface area contributed by atoms with Crippen molar-refractivity contribution >= 4 is 49.3 Å². The normalized spacial score (nSPS) is 14.2. The SMILES string of the molecule is CCCCCCC1(C)c2cc(-c3ccc(-n4c5ccccc5c5ccccc54)cc3)ccc2-c2ccc(-c3ccc(-n4c5ccccc5c5cc(-c6cccc(-c7cccc(N)c7)c6)ccc54)cc3)cc21. The molecular weight excluding hydrogens is 859 g/mol. The first kappa shape index (κ1) is 42.7. The summed E-state index contributed by atoms with van der Waals surface area (Å²) in [6.07, 6.45) is 6.08. The first-order chi connectivity index (χ1) is 34.9. The summed E-state index contributed by atoms with van der Waals surface area (Å²) in [5.74, 6) is 0. The summed E-state index contributed by atoms with van der Waals surface area (Å²) in [5, 5.41) is 5.06. The number of fused-ring (bicyclic) bond motifs is 9. The van der Waals surface area contributed by atoms with Gasteiger partial charge in [0.1, 0.15) is 0 Å². The van der Waals surface area contributed by atoms with Crippen molar-refractivity contribution in [2.45, 2.75) is 51.4 Å². The molecule has 2 aromatic heterocycles. The molecule has 13 rings (SSSR count). The average molecular weight is 914 g/mol. The van der Waals surface area contributed by atoms with Gasteiger partial charge in [-0.05, 0) is 158 Å². The number of aromatic nitrogens is 2. The molecular formula is C68H55N3. The molecule has 3 heteroatoms. The molecule has 1 atom stereocenters. The van der Waals surface area contributed by atoms with Crippen molar-refractivity contribution in [3.05, 3.63) is 236 Å². The Morgan fingerprint density at radius 3 is 1.30 bits per heavy atom. The zero-order valence-electron chi connectivity index (χ0n) is 40.4. The molecule has 0 spiro atoms. The van der Waals surface area contributed by atoms with Crippen molar-refractivity contribution in [2.24, 2.45) is 0 Å². The molecule has 1 aliphatic carbocycles. The number of para-hydroxylation sites is 3. The molecule has 0 amide bonds. The number of benzene rings is 10. The second kappa shape index (κ2) is 17.2. The minimum absolute atomic E-state index is 0.105. The van der Waals surface area contributed by atoms with Crippen LogP contribution in [-0.4, -0.2) is 9.13 Å². The lowest BCUT2D eigenvalue weighted by Gasteiger charge is -2.28. The molecule has 12 aromatic rings. The Morgan fingerprint density at radius 1 is 0.352 bits per heavy atom. The van der Waals surface area contributed by atoms with Gasteiger partial charge >= 0.3 is 0 Å². The summed E-state index contributed by atoms with van der Waals surface area (Å²) >= 11 is 0. The van der Waals surface area contributed by atoms with E-state index in [-0.39, 0.29) is 5.41 Å². The smallest absolute Gasteiger partial charge is 0.0541 e. The predicted molar refractivity (Wildman–Crippen MR) is 302 cm³/mol. The van der Waals surface area contributed by atoms with E-state index in [1.54, 1.807) is 0 Å². The summed E-state index contributed by atoms with van der Waals surface area (Å²) in [4.78, 5) is 0. The molecule has 0 fully saturated rings. The third-order valence-electron chi connectivity index (χ3n) is 15.6. The molecule has 2 N–H and O–H groups in total. The molecule has 1 unspecified atom stereocenters. The Morgan fingerprint density at radius 2 is 0.775 bits per heavy atom. The van der Waals surface area contributed by atoms with E-state index >= 15 is 0 Å². The summed E-state index contributed by atoms with van der Waals surface area (Å²) in [7, 11) is 0. The van der Waals surface area contributed by atoms with E-state index in [2.05, 4.69) is 229 Å². The Bertz CT molecular complexity index is 3940. The van der Waals surface area contributed by atoms with Crippen molar-refractivity contribution < 1.29 is 0 Å². The van der Waals surface area contributed by atoms with Gasteiger partial charge in [-0.2, -0.15) is 0 Å². The van der Waals surface area contributed by atoms with E-state index in [1.165, 1.54) is 131 Å². The van der Waals surface area contributed by atoms with E-state index in [9.17, 15) is 0 Å². The maximum Gasteiger partial charge on any atom is 0.0541 e. The Hall–Kier alpha value is -8.40. The summed E-state index contributed by atoms with van der Waals surface area (Å²) in [6, 6.07) is 83.0. The van der Waals surface area contributed by atoms with Gasteiger partial charge < -0.3 is 14.9 Å². The van der Waals surface area contributed by atoms with Crippen LogP contribution in [0.15, 0.2) is 224 Å². The first-order valence-electron chi connectivity index (χ1n) is 25.4. The predicted octanol–water partition coefficient (Wildman–Crippen LogP) is 18.4. The molecule has 2 heterocycles. The van der Waals surface area contributed by atoms with Gasteiger partial charge in [-0.25, -0.2) is 0 Å². The van der Waals surface area contributed by atoms with Crippen LogP contribution in [0.2, 0.25) is 0 Å². The highest BCUT2D eigenvalue weighted by Gasteiger charge is 2.39. The van der Waals surface area contributed by atoms with E-state index in [0.717, 1.165) is 28.9 Å². The highest BCUT2D eigenvalue weighted by atomic mass is 15.0. The van der Waals surface area contributed by atoms with Crippen LogP contribution >= 0.6 is 0 Å². The van der Waals surface area contributed by atoms with E-state index in [1.807, 2.05) is 18.2 Å². The zero-order chi connectivity index (χ0) is 47.6. The minimum Gasteiger partial charge on any atom is -0.399 e. The van der Waals surface area contributed by atoms with Gasteiger partial charge in [0, 0.05) is 44.0 Å². The van der Waals surface area contributed by atoms with Crippen LogP contribution in [0.3, 0.4) is 0 Å². The quantitative estimate of drug-likeness (QED) is 0.102. The molecule has 3 nitrogen and oxygen atoms in total. The van der Waals surface area contributed by atoms with Crippen LogP contribution in [0.25, 0.3) is 111 Å². The Kier molecular flexibility index (Phi) is 10.4.